The maximum absolute atomic E-state index is 15.8. The number of aromatic amines is 1. The van der Waals surface area contributed by atoms with Gasteiger partial charge in [0, 0.05) is 60.8 Å². The topological polar surface area (TPSA) is 205 Å². The van der Waals surface area contributed by atoms with Crippen LogP contribution in [0.1, 0.15) is 184 Å². The number of amidine groups is 1. The molecule has 0 radical (unpaired) electrons. The number of carboxylic acids is 1. The second-order valence-electron chi connectivity index (χ2n) is 28.0. The van der Waals surface area contributed by atoms with Crippen LogP contribution in [0.15, 0.2) is 76.9 Å². The number of aliphatic imine (C=N–C) groups is 1. The van der Waals surface area contributed by atoms with Gasteiger partial charge in [0.2, 0.25) is 5.91 Å². The summed E-state index contributed by atoms with van der Waals surface area (Å²) in [6.07, 6.45) is 6.03. The van der Waals surface area contributed by atoms with Gasteiger partial charge in [0.15, 0.2) is 5.91 Å². The number of rotatable bonds is 22. The first kappa shape index (κ1) is 70.8. The Morgan fingerprint density at radius 1 is 0.729 bits per heavy atom. The van der Waals surface area contributed by atoms with E-state index in [1.54, 1.807) is 6.08 Å². The first-order valence-electron chi connectivity index (χ1n) is 30.3. The zero-order valence-electron chi connectivity index (χ0n) is 53.5. The number of thioether (sulfide) groups is 2. The number of allylic oxidation sites excluding steroid dienone is 1. The third-order valence-electron chi connectivity index (χ3n) is 17.1. The molecule has 3 aliphatic rings. The first-order chi connectivity index (χ1) is 39.3. The molecule has 2 amide bonds. The molecule has 6 rings (SSSR count). The molecule has 0 bridgehead atoms. The van der Waals surface area contributed by atoms with Crippen LogP contribution >= 0.6 is 23.5 Å². The third-order valence-corrected chi connectivity index (χ3v) is 19.7. The Labute approximate surface area is 528 Å². The Balaban J connectivity index is 0.0000132. The standard InChI is InChI=1S/C68H96N4O10S2.Zn/c1-17-31-83-42(4)61(75)72-60-56(64(79)82-58-47(67(11,12)13)35-41(3)36-48(58)68(14,15)16)54(44-28-22-19-23-29-44)50(70-60)37-49-53(43-26-20-18-21-27-43)55(59(69-49)71-52(74)30-24-25-32-84-51(62(76)77)38-80-39-73)63(78)81-57-45(65(5,6)7)33-40(2)34-46(57)66(8,9)10;/h18-23,26-29,37,39-42,45-48,51,57-58H,17,24-25,30-36,38H2,1-16H3,(H4,69,70,71,72,74,75,76,77,78,79);/p-1. The molecule has 2 aromatic carbocycles. The summed E-state index contributed by atoms with van der Waals surface area (Å²) in [6.45, 7) is 34.8. The molecule has 85 heavy (non-hydrogen) atoms. The normalized spacial score (nSPS) is 23.8. The van der Waals surface area contributed by atoms with Crippen molar-refractivity contribution >= 4 is 83.0 Å². The van der Waals surface area contributed by atoms with Crippen molar-refractivity contribution in [3.05, 3.63) is 94.1 Å². The Morgan fingerprint density at radius 3 is 1.69 bits per heavy atom. The van der Waals surface area contributed by atoms with Crippen LogP contribution in [-0.2, 0) is 57.7 Å². The van der Waals surface area contributed by atoms with E-state index >= 15 is 9.59 Å². The van der Waals surface area contributed by atoms with Crippen molar-refractivity contribution in [3.63, 3.8) is 0 Å². The van der Waals surface area contributed by atoms with Crippen molar-refractivity contribution in [1.82, 2.24) is 4.98 Å². The number of amides is 2. The molecule has 0 saturated heterocycles. The van der Waals surface area contributed by atoms with Crippen molar-refractivity contribution in [3.8, 4) is 11.1 Å². The average Bonchev–Trinajstić information content (AvgIpc) is 2.16. The summed E-state index contributed by atoms with van der Waals surface area (Å²) in [7, 11) is 0. The molecular formula is C68H95N4O10S2Zn-. The number of aromatic nitrogens is 1. The number of anilines is 1. The molecule has 462 valence electrons. The third kappa shape index (κ3) is 18.5. The van der Waals surface area contributed by atoms with E-state index in [-0.39, 0.29) is 113 Å². The van der Waals surface area contributed by atoms with E-state index in [0.29, 0.717) is 58.4 Å². The van der Waals surface area contributed by atoms with Crippen molar-refractivity contribution in [1.29, 1.82) is 0 Å². The van der Waals surface area contributed by atoms with Gasteiger partial charge in [0.25, 0.3) is 6.47 Å². The molecular weight excluding hydrogens is 1160 g/mol. The van der Waals surface area contributed by atoms with E-state index in [1.807, 2.05) is 67.6 Å². The Morgan fingerprint density at radius 2 is 1.22 bits per heavy atom. The van der Waals surface area contributed by atoms with Gasteiger partial charge in [0.1, 0.15) is 35.4 Å². The zero-order valence-corrected chi connectivity index (χ0v) is 58.1. The van der Waals surface area contributed by atoms with Gasteiger partial charge < -0.3 is 39.9 Å². The van der Waals surface area contributed by atoms with Gasteiger partial charge >= 0.3 is 17.9 Å². The van der Waals surface area contributed by atoms with E-state index in [1.165, 1.54) is 11.8 Å². The number of carbonyl (C=O) groups excluding carboxylic acids is 5. The van der Waals surface area contributed by atoms with Crippen LogP contribution in [0, 0.1) is 57.2 Å². The van der Waals surface area contributed by atoms with E-state index in [9.17, 15) is 24.3 Å². The number of H-pyrrole nitrogens is 1. The smallest absolute Gasteiger partial charge is 0.342 e. The average molecular weight is 1260 g/mol. The number of unbranched alkanes of at least 4 members (excludes halogenated alkanes) is 1. The fourth-order valence-corrected chi connectivity index (χ4v) is 14.3. The van der Waals surface area contributed by atoms with Gasteiger partial charge in [0.05, 0.1) is 10.8 Å². The van der Waals surface area contributed by atoms with Gasteiger partial charge in [-0.2, -0.15) is 11.8 Å². The Kier molecular flexibility index (Phi) is 25.2. The summed E-state index contributed by atoms with van der Waals surface area (Å²) in [5.74, 6) is -1.20. The number of nitrogens with zero attached hydrogens (tertiary/aromatic N) is 2. The molecule has 3 aromatic rings. The maximum Gasteiger partial charge on any atom is 0.342 e. The summed E-state index contributed by atoms with van der Waals surface area (Å²) < 4.78 is 18.7. The van der Waals surface area contributed by atoms with E-state index in [2.05, 4.69) is 114 Å². The number of ether oxygens (including phenoxy) is 3. The molecule has 17 heteroatoms. The second-order valence-corrected chi connectivity index (χ2v) is 30.7. The quantitative estimate of drug-likeness (QED) is 0.0283. The van der Waals surface area contributed by atoms with Gasteiger partial charge in [-0.25, -0.2) is 9.59 Å². The predicted molar refractivity (Wildman–Crippen MR) is 342 cm³/mol. The van der Waals surface area contributed by atoms with Crippen LogP contribution in [0.25, 0.3) is 28.1 Å². The number of carbonyl (C=O) groups is 6. The molecule has 2 aliphatic carbocycles. The van der Waals surface area contributed by atoms with Crippen LogP contribution in [0.4, 0.5) is 5.82 Å². The summed E-state index contributed by atoms with van der Waals surface area (Å²) in [6, 6.07) is 18.8. The zero-order chi connectivity index (χ0) is 62.1. The van der Waals surface area contributed by atoms with Gasteiger partial charge in [-0.3, -0.25) is 19.2 Å². The minimum Gasteiger partial charge on any atom is -0.480 e. The van der Waals surface area contributed by atoms with Crippen molar-refractivity contribution in [2.45, 2.75) is 185 Å². The maximum atomic E-state index is 15.8. The van der Waals surface area contributed by atoms with Crippen molar-refractivity contribution in [2.75, 3.05) is 23.4 Å². The molecule has 1 aromatic heterocycles. The largest absolute Gasteiger partial charge is 0.480 e. The monoisotopic (exact) mass is 1260 g/mol. The van der Waals surface area contributed by atoms with E-state index in [4.69, 9.17) is 24.5 Å². The number of benzene rings is 2. The molecule has 6 atom stereocenters. The first-order valence-corrected chi connectivity index (χ1v) is 32.4. The molecule has 2 fully saturated rings. The second kappa shape index (κ2) is 30.3. The molecule has 6 unspecified atom stereocenters. The fraction of sp³-hybridized carbons (Fsp3) is 0.603. The Hall–Kier alpha value is -4.99. The van der Waals surface area contributed by atoms with Crippen molar-refractivity contribution < 1.29 is 67.6 Å². The Bertz CT molecular complexity index is 2840. The van der Waals surface area contributed by atoms with E-state index < -0.39 is 52.4 Å². The number of hydrogen-bond donors (Lipinski definition) is 3. The summed E-state index contributed by atoms with van der Waals surface area (Å²) in [5.41, 5.74) is 2.01. The van der Waals surface area contributed by atoms with Gasteiger partial charge in [-0.1, -0.05) is 165 Å². The summed E-state index contributed by atoms with van der Waals surface area (Å²) >= 11 is 2.61. The SMILES string of the molecule is CCCSC(C)C(=O)N=C1[N-]C(=Cc2[nH]c(NC(=O)CCCCSC(COC=O)C(=O)O)c(C(=O)OC3C(C(C)(C)C)CC(C)CC3C(C)(C)C)c2-c2ccccc2)C(c2ccccc2)=C1C(=O)OC1C(C(C)(C)C)CC(C)CC1C(C)(C)C.[Zn]. The van der Waals surface area contributed by atoms with Gasteiger partial charge in [-0.15, -0.1) is 11.8 Å². The summed E-state index contributed by atoms with van der Waals surface area (Å²) in [5, 5.41) is 16.4. The number of carboxylic acid groups (broad SMARTS) is 1. The molecule has 2 heterocycles. The van der Waals surface area contributed by atoms with Crippen LogP contribution in [0.2, 0.25) is 0 Å². The fourth-order valence-electron chi connectivity index (χ4n) is 12.5. The predicted octanol–water partition coefficient (Wildman–Crippen LogP) is 15.7. The number of hydrogen-bond acceptors (Lipinski definition) is 11. The molecule has 2 saturated carbocycles. The number of aliphatic carboxylic acids is 1. The molecule has 14 nitrogen and oxygen atoms in total. The molecule has 3 N–H and O–H groups in total. The van der Waals surface area contributed by atoms with Gasteiger partial charge in [-0.05, 0) is 131 Å². The molecule has 1 aliphatic heterocycles. The minimum atomic E-state index is -1.10. The van der Waals surface area contributed by atoms with Crippen LogP contribution < -0.4 is 5.32 Å². The van der Waals surface area contributed by atoms with Crippen LogP contribution in [0.3, 0.4) is 0 Å². The van der Waals surface area contributed by atoms with Crippen LogP contribution in [-0.4, -0.2) is 92.9 Å². The molecule has 0 spiro atoms. The van der Waals surface area contributed by atoms with Crippen molar-refractivity contribution in [2.24, 2.45) is 62.2 Å². The van der Waals surface area contributed by atoms with E-state index in [0.717, 1.165) is 49.6 Å². The minimum absolute atomic E-state index is 0. The van der Waals surface area contributed by atoms with Crippen LogP contribution in [0.5, 0.6) is 0 Å². The summed E-state index contributed by atoms with van der Waals surface area (Å²) in [4.78, 5) is 90.9. The number of esters is 2. The number of nitrogens with one attached hydrogen (secondary N) is 2.